The van der Waals surface area contributed by atoms with Gasteiger partial charge in [0.1, 0.15) is 6.04 Å². The first-order valence-electron chi connectivity index (χ1n) is 4.13. The molecule has 0 radical (unpaired) electrons. The van der Waals surface area contributed by atoms with Crippen LogP contribution in [0.1, 0.15) is 0 Å². The maximum absolute atomic E-state index is 11.9. The summed E-state index contributed by atoms with van der Waals surface area (Å²) in [7, 11) is 0.771. The van der Waals surface area contributed by atoms with Gasteiger partial charge in [-0.25, -0.2) is 4.79 Å². The van der Waals surface area contributed by atoms with E-state index in [0.717, 1.165) is 12.4 Å². The largest absolute Gasteiger partial charge is 0.471 e. The molecule has 0 aliphatic carbocycles. The molecule has 0 saturated carbocycles. The summed E-state index contributed by atoms with van der Waals surface area (Å²) in [6.07, 6.45) is -5.30. The Morgan fingerprint density at radius 2 is 1.72 bits per heavy atom. The van der Waals surface area contributed by atoms with Gasteiger partial charge < -0.3 is 10.1 Å². The maximum Gasteiger partial charge on any atom is 0.471 e. The number of amides is 1. The number of carbonyl (C=O) groups is 2. The van der Waals surface area contributed by atoms with Crippen LogP contribution < -0.4 is 5.32 Å². The van der Waals surface area contributed by atoms with Crippen molar-refractivity contribution in [2.24, 2.45) is 0 Å². The number of alkyl halides is 6. The van der Waals surface area contributed by atoms with Crippen LogP contribution in [0.15, 0.2) is 0 Å². The van der Waals surface area contributed by atoms with Gasteiger partial charge in [-0.1, -0.05) is 0 Å². The highest BCUT2D eigenvalue weighted by Gasteiger charge is 2.42. The highest BCUT2D eigenvalue weighted by molar-refractivity contribution is 8.00. The van der Waals surface area contributed by atoms with Crippen molar-refractivity contribution in [1.29, 1.82) is 0 Å². The SMILES string of the molecule is COC(=O)C(CSC(F)(F)F)NC(=O)C(F)(F)F. The van der Waals surface area contributed by atoms with Crippen molar-refractivity contribution in [1.82, 2.24) is 5.32 Å². The minimum absolute atomic E-state index is 0.745. The minimum atomic E-state index is -5.30. The van der Waals surface area contributed by atoms with E-state index >= 15 is 0 Å². The maximum atomic E-state index is 11.9. The lowest BCUT2D eigenvalue weighted by atomic mass is 10.3. The zero-order valence-electron chi connectivity index (χ0n) is 8.69. The van der Waals surface area contributed by atoms with E-state index in [0.29, 0.717) is 0 Å². The molecule has 0 rings (SSSR count). The summed E-state index contributed by atoms with van der Waals surface area (Å²) < 4.78 is 75.1. The lowest BCUT2D eigenvalue weighted by Crippen LogP contribution is -2.48. The van der Waals surface area contributed by atoms with E-state index in [-0.39, 0.29) is 0 Å². The molecular weight excluding hydrogens is 292 g/mol. The number of esters is 1. The summed E-state index contributed by atoms with van der Waals surface area (Å²) in [6.45, 7) is 0. The number of nitrogens with one attached hydrogen (secondary N) is 1. The molecule has 0 bridgehead atoms. The number of rotatable bonds is 4. The van der Waals surface area contributed by atoms with E-state index in [1.807, 2.05) is 0 Å². The van der Waals surface area contributed by atoms with Crippen LogP contribution in [0, 0.1) is 0 Å². The van der Waals surface area contributed by atoms with Gasteiger partial charge >= 0.3 is 23.6 Å². The van der Waals surface area contributed by atoms with Gasteiger partial charge in [0.25, 0.3) is 0 Å². The van der Waals surface area contributed by atoms with E-state index in [2.05, 4.69) is 4.74 Å². The normalized spacial score (nSPS) is 13.9. The molecule has 0 spiro atoms. The molecule has 0 fully saturated rings. The number of ether oxygens (including phenoxy) is 1. The predicted molar refractivity (Wildman–Crippen MR) is 48.5 cm³/mol. The Kier molecular flexibility index (Phi) is 5.77. The summed E-state index contributed by atoms with van der Waals surface area (Å²) in [5.41, 5.74) is -4.74. The van der Waals surface area contributed by atoms with Crippen molar-refractivity contribution in [3.63, 3.8) is 0 Å². The van der Waals surface area contributed by atoms with E-state index in [1.54, 1.807) is 0 Å². The highest BCUT2D eigenvalue weighted by atomic mass is 32.2. The topological polar surface area (TPSA) is 55.4 Å². The van der Waals surface area contributed by atoms with E-state index in [1.165, 1.54) is 0 Å². The van der Waals surface area contributed by atoms with Crippen molar-refractivity contribution in [3.05, 3.63) is 0 Å². The van der Waals surface area contributed by atoms with Gasteiger partial charge in [-0.15, -0.1) is 0 Å². The summed E-state index contributed by atoms with van der Waals surface area (Å²) in [5, 5.41) is 1.12. The quantitative estimate of drug-likeness (QED) is 0.631. The molecule has 0 heterocycles. The summed E-state index contributed by atoms with van der Waals surface area (Å²) in [5.74, 6) is -5.03. The molecule has 0 aromatic heterocycles. The Balaban J connectivity index is 4.61. The lowest BCUT2D eigenvalue weighted by Gasteiger charge is -2.17. The van der Waals surface area contributed by atoms with E-state index < -0.39 is 47.1 Å². The molecule has 0 aromatic rings. The van der Waals surface area contributed by atoms with Crippen LogP contribution in [0.3, 0.4) is 0 Å². The molecule has 18 heavy (non-hydrogen) atoms. The Labute approximate surface area is 101 Å². The van der Waals surface area contributed by atoms with E-state index in [9.17, 15) is 35.9 Å². The van der Waals surface area contributed by atoms with Crippen LogP contribution in [0.5, 0.6) is 0 Å². The average molecular weight is 299 g/mol. The number of methoxy groups -OCH3 is 1. The van der Waals surface area contributed by atoms with Crippen LogP contribution >= 0.6 is 11.8 Å². The summed E-state index contributed by atoms with van der Waals surface area (Å²) in [4.78, 5) is 21.4. The monoisotopic (exact) mass is 299 g/mol. The van der Waals surface area contributed by atoms with Crippen molar-refractivity contribution in [2.75, 3.05) is 12.9 Å². The standard InChI is InChI=1S/C7H7F6NO3S/c1-17-4(15)3(2-18-7(11,12)13)14-5(16)6(8,9)10/h3H,2H2,1H3,(H,14,16). The Hall–Kier alpha value is -1.13. The Bertz CT molecular complexity index is 315. The predicted octanol–water partition coefficient (Wildman–Crippen LogP) is 1.46. The first kappa shape index (κ1) is 16.9. The fourth-order valence-corrected chi connectivity index (χ4v) is 1.30. The first-order chi connectivity index (χ1) is 7.97. The van der Waals surface area contributed by atoms with Crippen molar-refractivity contribution in [3.8, 4) is 0 Å². The third-order valence-corrected chi connectivity index (χ3v) is 2.29. The highest BCUT2D eigenvalue weighted by Crippen LogP contribution is 2.30. The fraction of sp³-hybridized carbons (Fsp3) is 0.714. The zero-order valence-corrected chi connectivity index (χ0v) is 9.50. The van der Waals surface area contributed by atoms with Gasteiger partial charge in [0.2, 0.25) is 0 Å². The second kappa shape index (κ2) is 6.16. The van der Waals surface area contributed by atoms with Crippen LogP contribution in [0.25, 0.3) is 0 Å². The van der Waals surface area contributed by atoms with Gasteiger partial charge in [0.05, 0.1) is 7.11 Å². The van der Waals surface area contributed by atoms with Gasteiger partial charge in [-0.05, 0) is 11.8 Å². The molecule has 11 heteroatoms. The Morgan fingerprint density at radius 1 is 1.22 bits per heavy atom. The van der Waals surface area contributed by atoms with Crippen LogP contribution in [0.4, 0.5) is 26.3 Å². The molecule has 1 unspecified atom stereocenters. The molecule has 0 saturated heterocycles. The average Bonchev–Trinajstić information content (AvgIpc) is 2.19. The van der Waals surface area contributed by atoms with Gasteiger partial charge in [0, 0.05) is 5.75 Å². The fourth-order valence-electron chi connectivity index (χ4n) is 0.729. The molecular formula is C7H7F6NO3S. The molecule has 0 aliphatic heterocycles. The number of hydrogen-bond acceptors (Lipinski definition) is 4. The number of carbonyl (C=O) groups excluding carboxylic acids is 2. The number of hydrogen-bond donors (Lipinski definition) is 1. The molecule has 4 nitrogen and oxygen atoms in total. The van der Waals surface area contributed by atoms with Crippen LogP contribution in [-0.2, 0) is 14.3 Å². The van der Waals surface area contributed by atoms with Crippen molar-refractivity contribution < 1.29 is 40.7 Å². The molecule has 0 aromatic carbocycles. The summed E-state index contributed by atoms with van der Waals surface area (Å²) in [6, 6.07) is -2.03. The van der Waals surface area contributed by atoms with Crippen LogP contribution in [0.2, 0.25) is 0 Å². The summed E-state index contributed by atoms with van der Waals surface area (Å²) >= 11 is -0.745. The lowest BCUT2D eigenvalue weighted by molar-refractivity contribution is -0.175. The zero-order chi connectivity index (χ0) is 14.6. The minimum Gasteiger partial charge on any atom is -0.467 e. The number of halogens is 6. The van der Waals surface area contributed by atoms with Gasteiger partial charge in [-0.3, -0.25) is 4.79 Å². The smallest absolute Gasteiger partial charge is 0.467 e. The molecule has 1 N–H and O–H groups in total. The van der Waals surface area contributed by atoms with Crippen molar-refractivity contribution in [2.45, 2.75) is 17.7 Å². The molecule has 106 valence electrons. The van der Waals surface area contributed by atoms with Crippen LogP contribution in [-0.4, -0.2) is 42.5 Å². The van der Waals surface area contributed by atoms with Gasteiger partial charge in [0.15, 0.2) is 0 Å². The van der Waals surface area contributed by atoms with Gasteiger partial charge in [-0.2, -0.15) is 26.3 Å². The molecule has 1 amide bonds. The van der Waals surface area contributed by atoms with E-state index in [4.69, 9.17) is 0 Å². The number of thioether (sulfide) groups is 1. The molecule has 0 aliphatic rings. The second-order valence-corrected chi connectivity index (χ2v) is 3.89. The Morgan fingerprint density at radius 3 is 2.06 bits per heavy atom. The second-order valence-electron chi connectivity index (χ2n) is 2.80. The molecule has 1 atom stereocenters. The first-order valence-corrected chi connectivity index (χ1v) is 5.12. The van der Waals surface area contributed by atoms with Crippen molar-refractivity contribution >= 4 is 23.6 Å². The third-order valence-electron chi connectivity index (χ3n) is 1.46. The third kappa shape index (κ3) is 6.57.